The molecule has 0 radical (unpaired) electrons. The molecule has 2 aromatic rings. The number of nitrogens with zero attached hydrogens (tertiary/aromatic N) is 1. The number of primary amides is 1. The van der Waals surface area contributed by atoms with Gasteiger partial charge in [-0.15, -0.1) is 0 Å². The van der Waals surface area contributed by atoms with E-state index >= 15 is 0 Å². The molecule has 0 atom stereocenters. The highest BCUT2D eigenvalue weighted by atomic mass is 32.3. The molecule has 10 heteroatoms. The van der Waals surface area contributed by atoms with Crippen molar-refractivity contribution in [1.29, 1.82) is 0 Å². The van der Waals surface area contributed by atoms with Gasteiger partial charge in [0.05, 0.1) is 18.2 Å². The Morgan fingerprint density at radius 2 is 1.67 bits per heavy atom. The highest BCUT2D eigenvalue weighted by Crippen LogP contribution is 2.26. The third kappa shape index (κ3) is 3.00. The lowest BCUT2D eigenvalue weighted by Gasteiger charge is -2.19. The second kappa shape index (κ2) is 4.74. The molecule has 0 aliphatic carbocycles. The van der Waals surface area contributed by atoms with Crippen molar-refractivity contribution in [1.82, 2.24) is 4.98 Å². The normalized spacial score (nSPS) is 12.5. The van der Waals surface area contributed by atoms with E-state index in [1.165, 1.54) is 24.3 Å². The van der Waals surface area contributed by atoms with E-state index in [9.17, 15) is 21.6 Å². The number of rotatable bonds is 4. The predicted molar refractivity (Wildman–Crippen MR) is 79.0 cm³/mol. The summed E-state index contributed by atoms with van der Waals surface area (Å²) in [4.78, 5) is 13.8. The molecule has 0 aliphatic heterocycles. The van der Waals surface area contributed by atoms with Crippen LogP contribution in [0.2, 0.25) is 0 Å². The second-order valence-corrected chi connectivity index (χ2v) is 8.44. The van der Waals surface area contributed by atoms with Crippen LogP contribution >= 0.6 is 0 Å². The van der Waals surface area contributed by atoms with Crippen molar-refractivity contribution in [3.8, 4) is 0 Å². The van der Waals surface area contributed by atoms with Crippen molar-refractivity contribution in [2.24, 2.45) is 5.73 Å². The summed E-state index contributed by atoms with van der Waals surface area (Å²) in [6.45, 7) is 0. The Bertz CT molecular complexity index is 896. The summed E-state index contributed by atoms with van der Waals surface area (Å²) in [5.41, 5.74) is 5.78. The van der Waals surface area contributed by atoms with Gasteiger partial charge in [0, 0.05) is 10.9 Å². The van der Waals surface area contributed by atoms with Crippen LogP contribution in [0.25, 0.3) is 10.9 Å². The van der Waals surface area contributed by atoms with Crippen LogP contribution in [0.5, 0.6) is 0 Å². The van der Waals surface area contributed by atoms with Gasteiger partial charge in [0.25, 0.3) is 5.91 Å². The number of benzene rings is 1. The number of hydrogen-bond acceptors (Lipinski definition) is 5. The fraction of sp³-hybridized carbons (Fsp3) is 0.182. The molecule has 3 N–H and O–H groups in total. The molecule has 1 amide bonds. The number of carbonyl (C=O) groups excluding carboxylic acids is 1. The largest absolute Gasteiger partial charge is 0.364 e. The molecule has 8 nitrogen and oxygen atoms in total. The van der Waals surface area contributed by atoms with E-state index in [-0.39, 0.29) is 11.4 Å². The van der Waals surface area contributed by atoms with Gasteiger partial charge in [0.15, 0.2) is 0 Å². The van der Waals surface area contributed by atoms with Gasteiger partial charge >= 0.3 is 0 Å². The summed E-state index contributed by atoms with van der Waals surface area (Å²) >= 11 is 0. The van der Waals surface area contributed by atoms with Gasteiger partial charge in [-0.05, 0) is 24.3 Å². The first-order chi connectivity index (χ1) is 9.50. The first-order valence-electron chi connectivity index (χ1n) is 5.63. The molecule has 1 aromatic heterocycles. The third-order valence-corrected chi connectivity index (χ3v) is 5.93. The molecule has 0 spiro atoms. The lowest BCUT2D eigenvalue weighted by molar-refractivity contribution is 0.0996. The zero-order valence-electron chi connectivity index (χ0n) is 11.2. The Morgan fingerprint density at radius 3 is 2.14 bits per heavy atom. The van der Waals surface area contributed by atoms with E-state index < -0.39 is 26.0 Å². The zero-order chi connectivity index (χ0) is 16.0. The molecule has 114 valence electrons. The Balaban J connectivity index is 2.68. The monoisotopic (exact) mass is 331 g/mol. The van der Waals surface area contributed by atoms with Crippen molar-refractivity contribution >= 4 is 42.5 Å². The predicted octanol–water partition coefficient (Wildman–Crippen LogP) is -0.00760. The molecule has 0 bridgehead atoms. The van der Waals surface area contributed by atoms with Crippen molar-refractivity contribution < 1.29 is 21.6 Å². The van der Waals surface area contributed by atoms with Crippen molar-refractivity contribution in [3.63, 3.8) is 0 Å². The van der Waals surface area contributed by atoms with Gasteiger partial charge in [-0.1, -0.05) is 0 Å². The molecule has 1 heterocycles. The van der Waals surface area contributed by atoms with Gasteiger partial charge in [0.1, 0.15) is 5.69 Å². The lowest BCUT2D eigenvalue weighted by Crippen LogP contribution is -2.35. The molecular weight excluding hydrogens is 318 g/mol. The molecule has 0 aliphatic rings. The van der Waals surface area contributed by atoms with E-state index in [1.807, 2.05) is 0 Å². The SMILES string of the molecule is CS(=O)(=O)N(c1ccc2[nH]c(C(N)=O)cc2c1)S(C)(=O)=O. The first kappa shape index (κ1) is 15.3. The molecule has 21 heavy (non-hydrogen) atoms. The minimum absolute atomic E-state index is 0.0393. The van der Waals surface area contributed by atoms with Crippen LogP contribution in [0.3, 0.4) is 0 Å². The molecule has 0 fully saturated rings. The number of carbonyl (C=O) groups is 1. The van der Waals surface area contributed by atoms with Gasteiger partial charge in [-0.25, -0.2) is 16.8 Å². The number of hydrogen-bond donors (Lipinski definition) is 2. The number of aromatic nitrogens is 1. The minimum Gasteiger partial charge on any atom is -0.364 e. The summed E-state index contributed by atoms with van der Waals surface area (Å²) in [5.74, 6) is -0.671. The Hall–Kier alpha value is -2.07. The van der Waals surface area contributed by atoms with Crippen molar-refractivity contribution in [3.05, 3.63) is 30.0 Å². The van der Waals surface area contributed by atoms with Crippen LogP contribution in [-0.4, -0.2) is 40.2 Å². The Labute approximate surface area is 121 Å². The van der Waals surface area contributed by atoms with Crippen LogP contribution in [0.15, 0.2) is 24.3 Å². The van der Waals surface area contributed by atoms with E-state index in [0.717, 1.165) is 12.5 Å². The van der Waals surface area contributed by atoms with E-state index in [0.29, 0.717) is 14.6 Å². The number of nitrogens with one attached hydrogen (secondary N) is 1. The molecule has 0 saturated carbocycles. The molecular formula is C11H13N3O5S2. The minimum atomic E-state index is -4.01. The maximum Gasteiger partial charge on any atom is 0.265 e. The average molecular weight is 331 g/mol. The quantitative estimate of drug-likeness (QED) is 0.814. The number of nitrogens with two attached hydrogens (primary N) is 1. The van der Waals surface area contributed by atoms with Crippen LogP contribution in [0.4, 0.5) is 5.69 Å². The maximum absolute atomic E-state index is 11.7. The van der Waals surface area contributed by atoms with Crippen molar-refractivity contribution in [2.45, 2.75) is 0 Å². The summed E-state index contributed by atoms with van der Waals surface area (Å²) in [5, 5.41) is 0.471. The number of H-pyrrole nitrogens is 1. The van der Waals surface area contributed by atoms with Gasteiger partial charge in [0.2, 0.25) is 20.0 Å². The summed E-state index contributed by atoms with van der Waals surface area (Å²) in [6.07, 6.45) is 1.59. The highest BCUT2D eigenvalue weighted by Gasteiger charge is 2.27. The first-order valence-corrected chi connectivity index (χ1v) is 9.33. The van der Waals surface area contributed by atoms with Crippen molar-refractivity contribution in [2.75, 3.05) is 16.2 Å². The van der Waals surface area contributed by atoms with Crippen LogP contribution in [0, 0.1) is 0 Å². The molecule has 0 saturated heterocycles. The summed E-state index contributed by atoms with van der Waals surface area (Å²) < 4.78 is 47.1. The van der Waals surface area contributed by atoms with Gasteiger partial charge in [-0.2, -0.15) is 3.71 Å². The number of anilines is 1. The second-order valence-electron chi connectivity index (χ2n) is 4.54. The van der Waals surface area contributed by atoms with E-state index in [4.69, 9.17) is 5.73 Å². The molecule has 0 unspecified atom stereocenters. The maximum atomic E-state index is 11.7. The van der Waals surface area contributed by atoms with E-state index in [2.05, 4.69) is 4.98 Å². The Kier molecular flexibility index (Phi) is 3.46. The Morgan fingerprint density at radius 1 is 1.10 bits per heavy atom. The van der Waals surface area contributed by atoms with Gasteiger partial charge < -0.3 is 10.7 Å². The van der Waals surface area contributed by atoms with Gasteiger partial charge in [-0.3, -0.25) is 4.79 Å². The smallest absolute Gasteiger partial charge is 0.265 e. The number of sulfonamides is 2. The highest BCUT2D eigenvalue weighted by molar-refractivity contribution is 8.09. The standard InChI is InChI=1S/C11H13N3O5S2/c1-20(16,17)14(21(2,18)19)8-3-4-9-7(5-8)6-10(13-9)11(12)15/h3-6,13H,1-2H3,(H2,12,15). The topological polar surface area (TPSA) is 130 Å². The lowest BCUT2D eigenvalue weighted by atomic mass is 10.2. The number of aromatic amines is 1. The fourth-order valence-electron chi connectivity index (χ4n) is 2.00. The molecule has 2 rings (SSSR count). The third-order valence-electron chi connectivity index (χ3n) is 2.68. The fourth-order valence-corrected chi connectivity index (χ4v) is 4.96. The van der Waals surface area contributed by atoms with E-state index in [1.54, 1.807) is 0 Å². The number of fused-ring (bicyclic) bond motifs is 1. The van der Waals surface area contributed by atoms with Crippen LogP contribution in [0.1, 0.15) is 10.5 Å². The zero-order valence-corrected chi connectivity index (χ0v) is 12.8. The van der Waals surface area contributed by atoms with Crippen LogP contribution in [-0.2, 0) is 20.0 Å². The summed E-state index contributed by atoms with van der Waals surface area (Å²) in [6, 6.07) is 5.57. The number of amides is 1. The van der Waals surface area contributed by atoms with Crippen LogP contribution < -0.4 is 9.44 Å². The average Bonchev–Trinajstić information content (AvgIpc) is 2.67. The summed E-state index contributed by atoms with van der Waals surface area (Å²) in [7, 11) is -8.02. The molecule has 1 aromatic carbocycles.